The number of likely N-dealkylation sites (tertiary alicyclic amines) is 1. The molecule has 8 nitrogen and oxygen atoms in total. The fourth-order valence-electron chi connectivity index (χ4n) is 4.95. The Bertz CT molecular complexity index is 1210. The number of aliphatic hydroxyl groups is 1. The topological polar surface area (TPSA) is 96.4 Å². The first kappa shape index (κ1) is 29.1. The number of carboxylic acid groups (broad SMARTS) is 1. The number of benzene rings is 2. The van der Waals surface area contributed by atoms with Crippen LogP contribution in [0.25, 0.3) is 0 Å². The van der Waals surface area contributed by atoms with Gasteiger partial charge in [-0.05, 0) is 35.9 Å². The average molecular weight is 573 g/mol. The van der Waals surface area contributed by atoms with Crippen LogP contribution in [0, 0.1) is 5.82 Å². The van der Waals surface area contributed by atoms with Gasteiger partial charge in [0.25, 0.3) is 5.91 Å². The number of carbonyl (C=O) groups is 2. The summed E-state index contributed by atoms with van der Waals surface area (Å²) >= 11 is 6.18. The summed E-state index contributed by atoms with van der Waals surface area (Å²) in [6.45, 7) is 1.83. The largest absolute Gasteiger partial charge is 0.480 e. The van der Waals surface area contributed by atoms with E-state index in [1.165, 1.54) is 18.2 Å². The number of aliphatic hydroxyl groups excluding tert-OH is 1. The van der Waals surface area contributed by atoms with Crippen molar-refractivity contribution in [3.63, 3.8) is 0 Å². The zero-order valence-corrected chi connectivity index (χ0v) is 21.7. The summed E-state index contributed by atoms with van der Waals surface area (Å²) in [4.78, 5) is 29.6. The van der Waals surface area contributed by atoms with Gasteiger partial charge in [-0.25, -0.2) is 4.39 Å². The second-order valence-electron chi connectivity index (χ2n) is 9.80. The van der Waals surface area contributed by atoms with E-state index in [-0.39, 0.29) is 31.6 Å². The third-order valence-corrected chi connectivity index (χ3v) is 7.20. The molecule has 39 heavy (non-hydrogen) atoms. The molecule has 2 saturated heterocycles. The first-order valence-electron chi connectivity index (χ1n) is 12.5. The van der Waals surface area contributed by atoms with Gasteiger partial charge in [-0.1, -0.05) is 17.7 Å². The van der Waals surface area contributed by atoms with E-state index in [1.807, 2.05) is 4.90 Å². The Balaban J connectivity index is 1.42. The molecule has 2 aliphatic rings. The van der Waals surface area contributed by atoms with Gasteiger partial charge in [-0.2, -0.15) is 13.2 Å². The zero-order valence-electron chi connectivity index (χ0n) is 20.9. The number of halogens is 5. The average Bonchev–Trinajstić information content (AvgIpc) is 3.24. The van der Waals surface area contributed by atoms with Crippen LogP contribution in [0.5, 0.6) is 0 Å². The minimum absolute atomic E-state index is 0.0823. The molecule has 3 N–H and O–H groups in total. The van der Waals surface area contributed by atoms with Gasteiger partial charge in [0.1, 0.15) is 11.9 Å². The molecular weight excluding hydrogens is 544 g/mol. The number of aliphatic carboxylic acids is 1. The number of β-amino-alcohol motifs (C(OH)–C–C–N with tert-alkyl or cyclic N) is 1. The third-order valence-electron chi connectivity index (χ3n) is 6.96. The summed E-state index contributed by atoms with van der Waals surface area (Å²) in [5, 5.41) is 22.3. The van der Waals surface area contributed by atoms with Crippen molar-refractivity contribution in [2.75, 3.05) is 49.5 Å². The second-order valence-corrected chi connectivity index (χ2v) is 10.2. The molecule has 0 bridgehead atoms. The molecule has 0 spiro atoms. The summed E-state index contributed by atoms with van der Waals surface area (Å²) in [7, 11) is 0. The quantitative estimate of drug-likeness (QED) is 0.414. The molecule has 13 heteroatoms. The zero-order chi connectivity index (χ0) is 28.3. The third kappa shape index (κ3) is 7.59. The predicted molar refractivity (Wildman–Crippen MR) is 138 cm³/mol. The lowest BCUT2D eigenvalue weighted by Crippen LogP contribution is -2.47. The summed E-state index contributed by atoms with van der Waals surface area (Å²) < 4.78 is 52.6. The molecule has 1 amide bonds. The van der Waals surface area contributed by atoms with Crippen molar-refractivity contribution >= 4 is 34.9 Å². The Morgan fingerprint density at radius 3 is 2.44 bits per heavy atom. The van der Waals surface area contributed by atoms with Crippen LogP contribution in [0.4, 0.5) is 28.9 Å². The van der Waals surface area contributed by atoms with E-state index in [4.69, 9.17) is 11.6 Å². The second kappa shape index (κ2) is 12.1. The maximum Gasteiger partial charge on any atom is 0.390 e. The minimum atomic E-state index is -4.22. The molecule has 2 unspecified atom stereocenters. The van der Waals surface area contributed by atoms with Gasteiger partial charge in [0.2, 0.25) is 0 Å². The summed E-state index contributed by atoms with van der Waals surface area (Å²) in [5.41, 5.74) is 1.20. The van der Waals surface area contributed by atoms with Gasteiger partial charge in [-0.15, -0.1) is 0 Å². The molecule has 212 valence electrons. The Morgan fingerprint density at radius 2 is 1.79 bits per heavy atom. The van der Waals surface area contributed by atoms with E-state index in [0.29, 0.717) is 48.1 Å². The lowest BCUT2D eigenvalue weighted by atomic mass is 10.1. The fourth-order valence-corrected chi connectivity index (χ4v) is 5.11. The number of nitrogens with one attached hydrogen (secondary N) is 1. The van der Waals surface area contributed by atoms with E-state index in [9.17, 15) is 37.4 Å². The van der Waals surface area contributed by atoms with E-state index >= 15 is 0 Å². The summed E-state index contributed by atoms with van der Waals surface area (Å²) in [6, 6.07) is 7.95. The number of piperazine rings is 1. The maximum atomic E-state index is 15.0. The highest BCUT2D eigenvalue weighted by Crippen LogP contribution is 2.31. The van der Waals surface area contributed by atoms with Crippen LogP contribution in [-0.2, 0) is 11.3 Å². The lowest BCUT2D eigenvalue weighted by molar-refractivity contribution is -0.142. The first-order chi connectivity index (χ1) is 18.4. The standard InChI is InChI=1S/C26H29ClF4N4O4/c27-17-2-4-21(22(12-17)34-9-7-33(8-10-34)6-5-26(29,30)31)32-24(37)19-3-1-16(11-20(19)28)14-35-15-18(36)13-23(35)25(38)39/h1-4,11-12,18,23,36H,5-10,13-15H2,(H,32,37)(H,38,39). The molecule has 0 aromatic heterocycles. The van der Waals surface area contributed by atoms with Crippen molar-refractivity contribution in [1.82, 2.24) is 9.80 Å². The van der Waals surface area contributed by atoms with Crippen LogP contribution in [0.3, 0.4) is 0 Å². The smallest absolute Gasteiger partial charge is 0.390 e. The number of nitrogens with zero attached hydrogens (tertiary/aromatic N) is 3. The molecule has 4 rings (SSSR count). The number of amides is 1. The van der Waals surface area contributed by atoms with Gasteiger partial charge < -0.3 is 20.4 Å². The van der Waals surface area contributed by atoms with Crippen molar-refractivity contribution in [1.29, 1.82) is 0 Å². The van der Waals surface area contributed by atoms with Crippen molar-refractivity contribution in [2.24, 2.45) is 0 Å². The monoisotopic (exact) mass is 572 g/mol. The van der Waals surface area contributed by atoms with Crippen molar-refractivity contribution in [3.8, 4) is 0 Å². The van der Waals surface area contributed by atoms with Crippen LogP contribution >= 0.6 is 11.6 Å². The van der Waals surface area contributed by atoms with Crippen LogP contribution in [-0.4, -0.2) is 89.5 Å². The predicted octanol–water partition coefficient (Wildman–Crippen LogP) is 3.83. The van der Waals surface area contributed by atoms with Gasteiger partial charge in [-0.3, -0.25) is 19.4 Å². The minimum Gasteiger partial charge on any atom is -0.480 e. The Morgan fingerprint density at radius 1 is 1.08 bits per heavy atom. The Labute approximate surface area is 227 Å². The molecule has 2 heterocycles. The molecule has 2 aromatic carbocycles. The number of hydrogen-bond acceptors (Lipinski definition) is 6. The van der Waals surface area contributed by atoms with Gasteiger partial charge in [0.15, 0.2) is 0 Å². The number of carboxylic acids is 1. The highest BCUT2D eigenvalue weighted by Gasteiger charge is 2.36. The number of hydrogen-bond donors (Lipinski definition) is 3. The molecule has 2 aromatic rings. The van der Waals surface area contributed by atoms with Crippen LogP contribution in [0.1, 0.15) is 28.8 Å². The van der Waals surface area contributed by atoms with Gasteiger partial charge >= 0.3 is 12.1 Å². The SMILES string of the molecule is O=C(Nc1ccc(Cl)cc1N1CCN(CCC(F)(F)F)CC1)c1ccc(CN2CC(O)CC2C(=O)O)cc1F. The highest BCUT2D eigenvalue weighted by atomic mass is 35.5. The molecule has 0 aliphatic carbocycles. The summed E-state index contributed by atoms with van der Waals surface area (Å²) in [6.07, 6.45) is -5.79. The lowest BCUT2D eigenvalue weighted by Gasteiger charge is -2.37. The van der Waals surface area contributed by atoms with Crippen LogP contribution < -0.4 is 10.2 Å². The number of rotatable bonds is 8. The van der Waals surface area contributed by atoms with Crippen molar-refractivity contribution in [2.45, 2.75) is 37.7 Å². The molecule has 2 fully saturated rings. The van der Waals surface area contributed by atoms with E-state index in [2.05, 4.69) is 5.32 Å². The van der Waals surface area contributed by atoms with Crippen LogP contribution in [0.15, 0.2) is 36.4 Å². The Kier molecular flexibility index (Phi) is 9.00. The van der Waals surface area contributed by atoms with Gasteiger partial charge in [0.05, 0.1) is 29.5 Å². The van der Waals surface area contributed by atoms with E-state index < -0.39 is 42.4 Å². The van der Waals surface area contributed by atoms with Crippen LogP contribution in [0.2, 0.25) is 5.02 Å². The number of anilines is 2. The van der Waals surface area contributed by atoms with Crippen molar-refractivity contribution < 1.29 is 37.4 Å². The summed E-state index contributed by atoms with van der Waals surface area (Å²) in [5.74, 6) is -2.55. The fraction of sp³-hybridized carbons (Fsp3) is 0.462. The maximum absolute atomic E-state index is 15.0. The molecule has 0 saturated carbocycles. The normalized spacial score (nSPS) is 20.8. The van der Waals surface area contributed by atoms with Gasteiger partial charge in [0, 0.05) is 57.3 Å². The molecule has 0 radical (unpaired) electrons. The molecular formula is C26H29ClF4N4O4. The Hall–Kier alpha value is -2.93. The van der Waals surface area contributed by atoms with E-state index in [1.54, 1.807) is 28.0 Å². The number of carbonyl (C=O) groups excluding carboxylic acids is 1. The first-order valence-corrected chi connectivity index (χ1v) is 12.9. The van der Waals surface area contributed by atoms with E-state index in [0.717, 1.165) is 0 Å². The number of alkyl halides is 3. The molecule has 2 atom stereocenters. The molecule has 2 aliphatic heterocycles. The highest BCUT2D eigenvalue weighted by molar-refractivity contribution is 6.31. The van der Waals surface area contributed by atoms with Crippen molar-refractivity contribution in [3.05, 3.63) is 58.4 Å².